The molecule has 0 aromatic heterocycles. The van der Waals surface area contributed by atoms with Crippen LogP contribution in [0.4, 0.5) is 0 Å². The van der Waals surface area contributed by atoms with Crippen LogP contribution < -0.4 is 10.6 Å². The standard InChI is InChI=1S/C17H35N3O/c1-7-13(2)19-16(21)14(3)20-10-8-15(9-11-20)12-18-17(4,5)6/h13-15,18H,7-12H2,1-6H3,(H,19,21). The van der Waals surface area contributed by atoms with Crippen molar-refractivity contribution in [3.05, 3.63) is 0 Å². The number of hydrogen-bond acceptors (Lipinski definition) is 3. The van der Waals surface area contributed by atoms with E-state index in [0.717, 1.165) is 32.0 Å². The second-order valence-electron chi connectivity index (χ2n) is 7.60. The lowest BCUT2D eigenvalue weighted by atomic mass is 9.94. The van der Waals surface area contributed by atoms with Crippen LogP contribution in [0.1, 0.15) is 60.8 Å². The van der Waals surface area contributed by atoms with E-state index in [4.69, 9.17) is 0 Å². The maximum Gasteiger partial charge on any atom is 0.237 e. The van der Waals surface area contributed by atoms with Crippen molar-refractivity contribution in [3.8, 4) is 0 Å². The number of amides is 1. The van der Waals surface area contributed by atoms with E-state index in [1.807, 2.05) is 6.92 Å². The minimum Gasteiger partial charge on any atom is -0.352 e. The van der Waals surface area contributed by atoms with Gasteiger partial charge in [-0.1, -0.05) is 6.92 Å². The number of piperidine rings is 1. The topological polar surface area (TPSA) is 44.4 Å². The van der Waals surface area contributed by atoms with Crippen molar-refractivity contribution in [2.75, 3.05) is 19.6 Å². The molecule has 1 aliphatic heterocycles. The molecule has 21 heavy (non-hydrogen) atoms. The Balaban J connectivity index is 2.33. The molecule has 0 spiro atoms. The summed E-state index contributed by atoms with van der Waals surface area (Å²) < 4.78 is 0. The minimum atomic E-state index is -0.00414. The number of hydrogen-bond donors (Lipinski definition) is 2. The molecule has 0 bridgehead atoms. The summed E-state index contributed by atoms with van der Waals surface area (Å²) in [5.41, 5.74) is 0.195. The average molecular weight is 297 g/mol. The van der Waals surface area contributed by atoms with Crippen molar-refractivity contribution in [2.24, 2.45) is 5.92 Å². The summed E-state index contributed by atoms with van der Waals surface area (Å²) in [7, 11) is 0. The third-order valence-electron chi connectivity index (χ3n) is 4.50. The van der Waals surface area contributed by atoms with E-state index in [1.165, 1.54) is 12.8 Å². The number of likely N-dealkylation sites (tertiary alicyclic amines) is 1. The zero-order valence-corrected chi connectivity index (χ0v) is 14.8. The molecule has 4 heteroatoms. The number of nitrogens with one attached hydrogen (secondary N) is 2. The lowest BCUT2D eigenvalue weighted by Crippen LogP contribution is -2.51. The molecular formula is C17H35N3O. The Morgan fingerprint density at radius 1 is 1.24 bits per heavy atom. The fourth-order valence-corrected chi connectivity index (χ4v) is 2.63. The number of carbonyl (C=O) groups excluding carboxylic acids is 1. The van der Waals surface area contributed by atoms with Crippen LogP contribution in [-0.4, -0.2) is 48.1 Å². The monoisotopic (exact) mass is 297 g/mol. The van der Waals surface area contributed by atoms with Crippen molar-refractivity contribution < 1.29 is 4.79 Å². The van der Waals surface area contributed by atoms with Gasteiger partial charge in [-0.2, -0.15) is 0 Å². The van der Waals surface area contributed by atoms with Crippen molar-refractivity contribution in [3.63, 3.8) is 0 Å². The molecule has 0 aromatic rings. The fourth-order valence-electron chi connectivity index (χ4n) is 2.63. The van der Waals surface area contributed by atoms with Gasteiger partial charge >= 0.3 is 0 Å². The largest absolute Gasteiger partial charge is 0.352 e. The van der Waals surface area contributed by atoms with Gasteiger partial charge in [-0.15, -0.1) is 0 Å². The van der Waals surface area contributed by atoms with Crippen LogP contribution in [0, 0.1) is 5.92 Å². The van der Waals surface area contributed by atoms with Crippen molar-refractivity contribution in [1.82, 2.24) is 15.5 Å². The number of carbonyl (C=O) groups is 1. The Bertz CT molecular complexity index is 316. The Morgan fingerprint density at radius 3 is 2.29 bits per heavy atom. The minimum absolute atomic E-state index is 0.00414. The Morgan fingerprint density at radius 2 is 1.81 bits per heavy atom. The predicted molar refractivity (Wildman–Crippen MR) is 89.4 cm³/mol. The van der Waals surface area contributed by atoms with Gasteiger partial charge in [0.05, 0.1) is 6.04 Å². The highest BCUT2D eigenvalue weighted by atomic mass is 16.2. The maximum absolute atomic E-state index is 12.2. The Hall–Kier alpha value is -0.610. The number of nitrogens with zero attached hydrogens (tertiary/aromatic N) is 1. The van der Waals surface area contributed by atoms with Crippen molar-refractivity contribution in [1.29, 1.82) is 0 Å². The van der Waals surface area contributed by atoms with Gasteiger partial charge in [-0.3, -0.25) is 9.69 Å². The van der Waals surface area contributed by atoms with Crippen LogP contribution >= 0.6 is 0 Å². The zero-order valence-electron chi connectivity index (χ0n) is 14.8. The summed E-state index contributed by atoms with van der Waals surface area (Å²) in [6.45, 7) is 16.0. The van der Waals surface area contributed by atoms with E-state index in [-0.39, 0.29) is 23.5 Å². The average Bonchev–Trinajstić information content (AvgIpc) is 2.43. The summed E-state index contributed by atoms with van der Waals surface area (Å²) in [5, 5.41) is 6.68. The van der Waals surface area contributed by atoms with E-state index in [9.17, 15) is 4.79 Å². The summed E-state index contributed by atoms with van der Waals surface area (Å²) in [5.74, 6) is 0.918. The van der Waals surface area contributed by atoms with Crippen LogP contribution in [0.15, 0.2) is 0 Å². The first-order chi connectivity index (χ1) is 9.73. The molecule has 1 fully saturated rings. The molecule has 1 amide bonds. The SMILES string of the molecule is CCC(C)NC(=O)C(C)N1CCC(CNC(C)(C)C)CC1. The summed E-state index contributed by atoms with van der Waals surface area (Å²) >= 11 is 0. The zero-order chi connectivity index (χ0) is 16.0. The smallest absolute Gasteiger partial charge is 0.237 e. The molecule has 1 rings (SSSR count). The highest BCUT2D eigenvalue weighted by Crippen LogP contribution is 2.19. The van der Waals surface area contributed by atoms with E-state index < -0.39 is 0 Å². The summed E-state index contributed by atoms with van der Waals surface area (Å²) in [6, 6.07) is 0.268. The second kappa shape index (κ2) is 8.14. The van der Waals surface area contributed by atoms with Gasteiger partial charge in [0.15, 0.2) is 0 Å². The predicted octanol–water partition coefficient (Wildman–Crippen LogP) is 2.39. The molecule has 0 saturated carbocycles. The molecule has 2 unspecified atom stereocenters. The molecule has 1 saturated heterocycles. The number of rotatable bonds is 6. The van der Waals surface area contributed by atoms with Crippen LogP contribution in [0.5, 0.6) is 0 Å². The fraction of sp³-hybridized carbons (Fsp3) is 0.941. The molecule has 0 radical (unpaired) electrons. The lowest BCUT2D eigenvalue weighted by molar-refractivity contribution is -0.127. The molecule has 0 aromatic carbocycles. The van der Waals surface area contributed by atoms with Crippen LogP contribution in [0.25, 0.3) is 0 Å². The lowest BCUT2D eigenvalue weighted by Gasteiger charge is -2.36. The highest BCUT2D eigenvalue weighted by molar-refractivity contribution is 5.81. The van der Waals surface area contributed by atoms with E-state index in [0.29, 0.717) is 0 Å². The first-order valence-corrected chi connectivity index (χ1v) is 8.52. The highest BCUT2D eigenvalue weighted by Gasteiger charge is 2.27. The van der Waals surface area contributed by atoms with Gasteiger partial charge in [0.25, 0.3) is 0 Å². The van der Waals surface area contributed by atoms with Crippen LogP contribution in [0.2, 0.25) is 0 Å². The Kier molecular flexibility index (Phi) is 7.14. The maximum atomic E-state index is 12.2. The first-order valence-electron chi connectivity index (χ1n) is 8.52. The normalized spacial score (nSPS) is 21.0. The van der Waals surface area contributed by atoms with Crippen LogP contribution in [-0.2, 0) is 4.79 Å². The van der Waals surface area contributed by atoms with E-state index in [1.54, 1.807) is 0 Å². The summed E-state index contributed by atoms with van der Waals surface area (Å²) in [6.07, 6.45) is 3.35. The third-order valence-corrected chi connectivity index (χ3v) is 4.50. The molecule has 124 valence electrons. The Labute approximate surface area is 131 Å². The van der Waals surface area contributed by atoms with Gasteiger partial charge < -0.3 is 10.6 Å². The van der Waals surface area contributed by atoms with Crippen LogP contribution in [0.3, 0.4) is 0 Å². The third kappa shape index (κ3) is 6.79. The van der Waals surface area contributed by atoms with Gasteiger partial charge in [-0.05, 0) is 79.4 Å². The van der Waals surface area contributed by atoms with Crippen molar-refractivity contribution >= 4 is 5.91 Å². The van der Waals surface area contributed by atoms with Crippen molar-refractivity contribution in [2.45, 2.75) is 78.4 Å². The molecule has 2 atom stereocenters. The van der Waals surface area contributed by atoms with Gasteiger partial charge in [0.1, 0.15) is 0 Å². The quantitative estimate of drug-likeness (QED) is 0.791. The van der Waals surface area contributed by atoms with E-state index >= 15 is 0 Å². The molecular weight excluding hydrogens is 262 g/mol. The molecule has 1 aliphatic rings. The van der Waals surface area contributed by atoms with Gasteiger partial charge in [0.2, 0.25) is 5.91 Å². The van der Waals surface area contributed by atoms with Gasteiger partial charge in [-0.25, -0.2) is 0 Å². The molecule has 2 N–H and O–H groups in total. The molecule has 1 heterocycles. The molecule has 4 nitrogen and oxygen atoms in total. The van der Waals surface area contributed by atoms with Gasteiger partial charge in [0, 0.05) is 11.6 Å². The van der Waals surface area contributed by atoms with E-state index in [2.05, 4.69) is 50.2 Å². The second-order valence-corrected chi connectivity index (χ2v) is 7.60. The molecule has 0 aliphatic carbocycles. The summed E-state index contributed by atoms with van der Waals surface area (Å²) in [4.78, 5) is 14.5. The first kappa shape index (κ1) is 18.4.